The lowest BCUT2D eigenvalue weighted by atomic mass is 9.91. The van der Waals surface area contributed by atoms with E-state index in [9.17, 15) is 14.9 Å². The number of anilines is 1. The molecule has 1 aliphatic carbocycles. The molecule has 104 valence electrons. The Labute approximate surface area is 116 Å². The number of rotatable bonds is 2. The first-order valence-electron chi connectivity index (χ1n) is 6.10. The van der Waals surface area contributed by atoms with Crippen molar-refractivity contribution in [1.82, 2.24) is 0 Å². The highest BCUT2D eigenvalue weighted by Gasteiger charge is 2.32. The summed E-state index contributed by atoms with van der Waals surface area (Å²) in [4.78, 5) is 23.9. The second-order valence-corrected chi connectivity index (χ2v) is 4.44. The molecule has 2 rings (SSSR count). The molecule has 0 bridgehead atoms. The standard InChI is InChI=1S/C14H14N2O4/c1-19-13(17)10-8-5-3-4-7(8)9(6-15)12(16)11(10)14(18)20-2/h3-5,16H2,1-2H3. The molecule has 20 heavy (non-hydrogen) atoms. The van der Waals surface area contributed by atoms with Crippen molar-refractivity contribution < 1.29 is 19.1 Å². The third-order valence-corrected chi connectivity index (χ3v) is 3.50. The van der Waals surface area contributed by atoms with Crippen LogP contribution < -0.4 is 5.73 Å². The number of methoxy groups -OCH3 is 2. The van der Waals surface area contributed by atoms with Crippen LogP contribution in [0.5, 0.6) is 0 Å². The molecule has 0 fully saturated rings. The van der Waals surface area contributed by atoms with E-state index < -0.39 is 11.9 Å². The van der Waals surface area contributed by atoms with Crippen LogP contribution in [0.4, 0.5) is 5.69 Å². The average Bonchev–Trinajstić information content (AvgIpc) is 2.93. The van der Waals surface area contributed by atoms with Gasteiger partial charge in [-0.3, -0.25) is 0 Å². The third-order valence-electron chi connectivity index (χ3n) is 3.50. The fourth-order valence-corrected chi connectivity index (χ4v) is 2.64. The van der Waals surface area contributed by atoms with Gasteiger partial charge in [0.25, 0.3) is 0 Å². The Kier molecular flexibility index (Phi) is 3.61. The van der Waals surface area contributed by atoms with Gasteiger partial charge in [-0.25, -0.2) is 9.59 Å². The van der Waals surface area contributed by atoms with Crippen LogP contribution in [-0.4, -0.2) is 26.2 Å². The van der Waals surface area contributed by atoms with Gasteiger partial charge in [-0.05, 0) is 30.4 Å². The fourth-order valence-electron chi connectivity index (χ4n) is 2.64. The van der Waals surface area contributed by atoms with Crippen molar-refractivity contribution in [1.29, 1.82) is 5.26 Å². The SMILES string of the molecule is COC(=O)c1c(N)c(C#N)c2c(c1C(=O)OC)CCC2. The number of hydrogen-bond donors (Lipinski definition) is 1. The first-order valence-corrected chi connectivity index (χ1v) is 6.10. The molecule has 1 aliphatic rings. The van der Waals surface area contributed by atoms with Crippen LogP contribution in [0.25, 0.3) is 0 Å². The Hall–Kier alpha value is -2.55. The Morgan fingerprint density at radius 3 is 2.20 bits per heavy atom. The van der Waals surface area contributed by atoms with E-state index in [-0.39, 0.29) is 22.4 Å². The second-order valence-electron chi connectivity index (χ2n) is 4.44. The molecule has 0 saturated heterocycles. The number of hydrogen-bond acceptors (Lipinski definition) is 6. The van der Waals surface area contributed by atoms with E-state index in [1.807, 2.05) is 6.07 Å². The van der Waals surface area contributed by atoms with E-state index >= 15 is 0 Å². The van der Waals surface area contributed by atoms with E-state index in [0.29, 0.717) is 18.4 Å². The first-order chi connectivity index (χ1) is 9.56. The van der Waals surface area contributed by atoms with Gasteiger partial charge in [0.05, 0.1) is 36.6 Å². The van der Waals surface area contributed by atoms with E-state index in [1.54, 1.807) is 0 Å². The van der Waals surface area contributed by atoms with Gasteiger partial charge in [0, 0.05) is 0 Å². The lowest BCUT2D eigenvalue weighted by molar-refractivity contribution is 0.0555. The Bertz CT molecular complexity index is 627. The molecule has 0 unspecified atom stereocenters. The van der Waals surface area contributed by atoms with E-state index in [2.05, 4.69) is 4.74 Å². The number of benzene rings is 1. The van der Waals surface area contributed by atoms with E-state index in [0.717, 1.165) is 12.0 Å². The van der Waals surface area contributed by atoms with Gasteiger partial charge in [0.1, 0.15) is 6.07 Å². The van der Waals surface area contributed by atoms with Crippen molar-refractivity contribution in [3.8, 4) is 6.07 Å². The third kappa shape index (κ3) is 1.88. The molecule has 0 saturated carbocycles. The van der Waals surface area contributed by atoms with Gasteiger partial charge in [-0.15, -0.1) is 0 Å². The molecular formula is C14H14N2O4. The van der Waals surface area contributed by atoms with Crippen molar-refractivity contribution >= 4 is 17.6 Å². The van der Waals surface area contributed by atoms with Crippen molar-refractivity contribution in [3.63, 3.8) is 0 Å². The highest BCUT2D eigenvalue weighted by atomic mass is 16.5. The summed E-state index contributed by atoms with van der Waals surface area (Å²) in [5, 5.41) is 9.25. The van der Waals surface area contributed by atoms with Crippen LogP contribution in [0.3, 0.4) is 0 Å². The molecule has 6 heteroatoms. The second kappa shape index (κ2) is 5.21. The number of nitrogens with zero attached hydrogens (tertiary/aromatic N) is 1. The molecule has 0 radical (unpaired) electrons. The molecule has 0 spiro atoms. The molecule has 1 aromatic rings. The predicted molar refractivity (Wildman–Crippen MR) is 70.3 cm³/mol. The van der Waals surface area contributed by atoms with Gasteiger partial charge < -0.3 is 15.2 Å². The predicted octanol–water partition coefficient (Wildman–Crippen LogP) is 1.20. The zero-order valence-corrected chi connectivity index (χ0v) is 11.3. The minimum atomic E-state index is -0.742. The summed E-state index contributed by atoms with van der Waals surface area (Å²) in [6, 6.07) is 2.01. The molecule has 0 atom stereocenters. The minimum absolute atomic E-state index is 0.0135. The molecule has 1 aromatic carbocycles. The maximum absolute atomic E-state index is 12.0. The number of nitriles is 1. The minimum Gasteiger partial charge on any atom is -0.465 e. The highest BCUT2D eigenvalue weighted by Crippen LogP contribution is 2.36. The summed E-state index contributed by atoms with van der Waals surface area (Å²) in [7, 11) is 2.43. The normalized spacial score (nSPS) is 12.4. The zero-order chi connectivity index (χ0) is 14.9. The van der Waals surface area contributed by atoms with Gasteiger partial charge >= 0.3 is 11.9 Å². The van der Waals surface area contributed by atoms with E-state index in [1.165, 1.54) is 14.2 Å². The van der Waals surface area contributed by atoms with Gasteiger partial charge in [0.15, 0.2) is 0 Å². The first kappa shape index (κ1) is 13.9. The largest absolute Gasteiger partial charge is 0.465 e. The zero-order valence-electron chi connectivity index (χ0n) is 11.3. The Morgan fingerprint density at radius 2 is 1.65 bits per heavy atom. The van der Waals surface area contributed by atoms with Gasteiger partial charge in [-0.1, -0.05) is 0 Å². The van der Waals surface area contributed by atoms with Gasteiger partial charge in [-0.2, -0.15) is 5.26 Å². The molecule has 0 aliphatic heterocycles. The summed E-state index contributed by atoms with van der Waals surface area (Å²) in [5.74, 6) is -1.38. The van der Waals surface area contributed by atoms with Crippen LogP contribution in [0, 0.1) is 11.3 Å². The fraction of sp³-hybridized carbons (Fsp3) is 0.357. The summed E-state index contributed by atoms with van der Waals surface area (Å²) < 4.78 is 9.42. The van der Waals surface area contributed by atoms with Crippen LogP contribution in [0.15, 0.2) is 0 Å². The van der Waals surface area contributed by atoms with Crippen molar-refractivity contribution in [2.24, 2.45) is 0 Å². The molecule has 0 amide bonds. The molecule has 6 nitrogen and oxygen atoms in total. The number of carbonyl (C=O) groups excluding carboxylic acids is 2. The lowest BCUT2D eigenvalue weighted by Crippen LogP contribution is -2.18. The number of esters is 2. The molecule has 0 heterocycles. The lowest BCUT2D eigenvalue weighted by Gasteiger charge is -2.16. The summed E-state index contributed by atoms with van der Waals surface area (Å²) in [5.41, 5.74) is 7.61. The number of fused-ring (bicyclic) bond motifs is 1. The van der Waals surface area contributed by atoms with Crippen LogP contribution in [0.1, 0.15) is 43.8 Å². The maximum atomic E-state index is 12.0. The summed E-state index contributed by atoms with van der Waals surface area (Å²) >= 11 is 0. The highest BCUT2D eigenvalue weighted by molar-refractivity contribution is 6.09. The number of nitrogen functional groups attached to an aromatic ring is 1. The number of nitrogens with two attached hydrogens (primary N) is 1. The van der Waals surface area contributed by atoms with Crippen LogP contribution >= 0.6 is 0 Å². The summed E-state index contributed by atoms with van der Waals surface area (Å²) in [6.45, 7) is 0. The van der Waals surface area contributed by atoms with E-state index in [4.69, 9.17) is 10.5 Å². The summed E-state index contributed by atoms with van der Waals surface area (Å²) in [6.07, 6.45) is 2.07. The van der Waals surface area contributed by atoms with Crippen LogP contribution in [-0.2, 0) is 22.3 Å². The monoisotopic (exact) mass is 274 g/mol. The Balaban J connectivity index is 2.87. The van der Waals surface area contributed by atoms with Crippen molar-refractivity contribution in [2.45, 2.75) is 19.3 Å². The Morgan fingerprint density at radius 1 is 1.10 bits per heavy atom. The molecular weight excluding hydrogens is 260 g/mol. The van der Waals surface area contributed by atoms with Gasteiger partial charge in [0.2, 0.25) is 0 Å². The smallest absolute Gasteiger partial charge is 0.340 e. The molecule has 0 aromatic heterocycles. The average molecular weight is 274 g/mol. The number of ether oxygens (including phenoxy) is 2. The topological polar surface area (TPSA) is 102 Å². The van der Waals surface area contributed by atoms with Crippen molar-refractivity contribution in [3.05, 3.63) is 27.8 Å². The molecule has 2 N–H and O–H groups in total. The maximum Gasteiger partial charge on any atom is 0.340 e. The quantitative estimate of drug-likeness (QED) is 0.642. The van der Waals surface area contributed by atoms with Crippen molar-refractivity contribution in [2.75, 3.05) is 20.0 Å². The van der Waals surface area contributed by atoms with Crippen LogP contribution in [0.2, 0.25) is 0 Å². The number of carbonyl (C=O) groups is 2.